The highest BCUT2D eigenvalue weighted by atomic mass is 16.6. The molecule has 6 nitrogen and oxygen atoms in total. The molecule has 6 heteroatoms. The van der Waals surface area contributed by atoms with Crippen LogP contribution in [0, 0.1) is 0 Å². The summed E-state index contributed by atoms with van der Waals surface area (Å²) in [5.41, 5.74) is 0. The van der Waals surface area contributed by atoms with Crippen molar-refractivity contribution in [1.82, 2.24) is 0 Å². The van der Waals surface area contributed by atoms with Gasteiger partial charge < -0.3 is 14.6 Å². The molecule has 0 radical (unpaired) electrons. The van der Waals surface area contributed by atoms with Crippen LogP contribution in [0.1, 0.15) is 142 Å². The van der Waals surface area contributed by atoms with E-state index >= 15 is 0 Å². The van der Waals surface area contributed by atoms with Crippen LogP contribution in [-0.2, 0) is 23.9 Å². The van der Waals surface area contributed by atoms with Gasteiger partial charge in [-0.05, 0) is 44.6 Å². The Morgan fingerprint density at radius 2 is 1.05 bits per heavy atom. The number of rotatable bonds is 29. The summed E-state index contributed by atoms with van der Waals surface area (Å²) in [6, 6.07) is 0. The zero-order valence-corrected chi connectivity index (χ0v) is 26.7. The topological polar surface area (TPSA) is 89.9 Å². The van der Waals surface area contributed by atoms with Crippen LogP contribution in [0.2, 0.25) is 0 Å². The fourth-order valence-corrected chi connectivity index (χ4v) is 4.21. The number of carbonyl (C=O) groups is 3. The maximum absolute atomic E-state index is 11.9. The predicted octanol–water partition coefficient (Wildman–Crippen LogP) is 9.07. The summed E-state index contributed by atoms with van der Waals surface area (Å²) < 4.78 is 10.2. The van der Waals surface area contributed by atoms with E-state index in [1.165, 1.54) is 44.9 Å². The number of allylic oxidation sites excluding steroid dienone is 8. The molecule has 0 aliphatic rings. The molecule has 0 aromatic heterocycles. The molecule has 0 fully saturated rings. The smallest absolute Gasteiger partial charge is 0.305 e. The van der Waals surface area contributed by atoms with E-state index in [-0.39, 0.29) is 37.4 Å². The first kappa shape index (κ1) is 39.5. The molecule has 0 spiro atoms. The molecule has 0 saturated carbocycles. The molecule has 0 heterocycles. The van der Waals surface area contributed by atoms with Crippen molar-refractivity contribution < 1.29 is 29.0 Å². The lowest BCUT2D eigenvalue weighted by Gasteiger charge is -2.12. The average molecular weight is 589 g/mol. The van der Waals surface area contributed by atoms with E-state index in [1.807, 2.05) is 24.3 Å². The molecule has 1 atom stereocenters. The summed E-state index contributed by atoms with van der Waals surface area (Å²) in [7, 11) is 0. The van der Waals surface area contributed by atoms with Gasteiger partial charge in [-0.15, -0.1) is 0 Å². The summed E-state index contributed by atoms with van der Waals surface area (Å²) in [5, 5.41) is 9.93. The van der Waals surface area contributed by atoms with Crippen molar-refractivity contribution in [3.05, 3.63) is 48.6 Å². The zero-order chi connectivity index (χ0) is 30.9. The predicted molar refractivity (Wildman–Crippen MR) is 173 cm³/mol. The first-order valence-corrected chi connectivity index (χ1v) is 16.6. The second-order valence-corrected chi connectivity index (χ2v) is 11.0. The van der Waals surface area contributed by atoms with Crippen molar-refractivity contribution in [2.75, 3.05) is 13.2 Å². The van der Waals surface area contributed by atoms with Crippen LogP contribution < -0.4 is 0 Å². The van der Waals surface area contributed by atoms with Crippen molar-refractivity contribution in [3.8, 4) is 0 Å². The quantitative estimate of drug-likeness (QED) is 0.0308. The van der Waals surface area contributed by atoms with E-state index in [9.17, 15) is 19.5 Å². The first-order valence-electron chi connectivity index (χ1n) is 16.6. The molecule has 0 saturated heterocycles. The molecule has 1 N–H and O–H groups in total. The Hall–Kier alpha value is -2.47. The molecule has 0 aromatic rings. The van der Waals surface area contributed by atoms with Gasteiger partial charge in [0.2, 0.25) is 0 Å². The molecule has 0 rings (SSSR count). The van der Waals surface area contributed by atoms with Crippen molar-refractivity contribution in [2.24, 2.45) is 0 Å². The average Bonchev–Trinajstić information content (AvgIpc) is 2.98. The number of esters is 2. The Labute approximate surface area is 256 Å². The lowest BCUT2D eigenvalue weighted by molar-refractivity contribution is -0.152. The van der Waals surface area contributed by atoms with Crippen molar-refractivity contribution >= 4 is 17.7 Å². The number of hydrogen-bond donors (Lipinski definition) is 1. The highest BCUT2D eigenvalue weighted by molar-refractivity contribution is 5.89. The molecular weight excluding hydrogens is 528 g/mol. The second-order valence-electron chi connectivity index (χ2n) is 11.0. The Morgan fingerprint density at radius 1 is 0.571 bits per heavy atom. The third kappa shape index (κ3) is 30.5. The van der Waals surface area contributed by atoms with Crippen molar-refractivity contribution in [1.29, 1.82) is 0 Å². The van der Waals surface area contributed by atoms with Crippen LogP contribution in [0.4, 0.5) is 0 Å². The fraction of sp³-hybridized carbons (Fsp3) is 0.694. The minimum absolute atomic E-state index is 0.147. The van der Waals surface area contributed by atoms with Crippen molar-refractivity contribution in [2.45, 2.75) is 148 Å². The standard InChI is InChI=1S/C36H60O6/c1-3-5-7-8-9-10-15-18-21-25-29-35(39)41-31-34(38)32-42-36(40)30-26-22-19-16-13-11-12-14-17-20-24-28-33(37)27-23-6-4-2/h11-12,16-17,19-20,24,28,34,38H,3-10,13-15,18,21-23,25-27,29-32H2,1-2H3/b12-11-,19-16-,20-17-,28-24+/t34-/m1/s1. The molecule has 42 heavy (non-hydrogen) atoms. The molecule has 0 aromatic carbocycles. The molecule has 0 aliphatic carbocycles. The Balaban J connectivity index is 3.64. The molecule has 0 bridgehead atoms. The number of aliphatic hydroxyl groups excluding tert-OH is 1. The maximum atomic E-state index is 11.9. The van der Waals surface area contributed by atoms with Crippen LogP contribution in [0.25, 0.3) is 0 Å². The van der Waals surface area contributed by atoms with Crippen LogP contribution >= 0.6 is 0 Å². The number of unbranched alkanes of at least 4 members (excludes halogenated alkanes) is 12. The number of ether oxygens (including phenoxy) is 2. The molecule has 0 aliphatic heterocycles. The number of ketones is 1. The van der Waals surface area contributed by atoms with Gasteiger partial charge in [0.1, 0.15) is 19.3 Å². The first-order chi connectivity index (χ1) is 20.5. The normalized spacial score (nSPS) is 12.6. The van der Waals surface area contributed by atoms with Crippen LogP contribution in [0.15, 0.2) is 48.6 Å². The van der Waals surface area contributed by atoms with Gasteiger partial charge in [-0.1, -0.05) is 127 Å². The second kappa shape index (κ2) is 31.5. The lowest BCUT2D eigenvalue weighted by atomic mass is 10.1. The van der Waals surface area contributed by atoms with Gasteiger partial charge in [0.25, 0.3) is 0 Å². The van der Waals surface area contributed by atoms with Crippen LogP contribution in [-0.4, -0.2) is 42.1 Å². The van der Waals surface area contributed by atoms with Gasteiger partial charge in [0.15, 0.2) is 5.78 Å². The van der Waals surface area contributed by atoms with E-state index in [4.69, 9.17) is 9.47 Å². The molecular formula is C36H60O6. The lowest BCUT2D eigenvalue weighted by Crippen LogP contribution is -2.25. The maximum Gasteiger partial charge on any atom is 0.305 e. The summed E-state index contributed by atoms with van der Waals surface area (Å²) in [4.78, 5) is 35.3. The summed E-state index contributed by atoms with van der Waals surface area (Å²) >= 11 is 0. The highest BCUT2D eigenvalue weighted by Gasteiger charge is 2.11. The number of aliphatic hydroxyl groups is 1. The Bertz CT molecular complexity index is 780. The Morgan fingerprint density at radius 3 is 1.67 bits per heavy atom. The molecule has 0 unspecified atom stereocenters. The molecule has 240 valence electrons. The van der Waals surface area contributed by atoms with Crippen LogP contribution in [0.5, 0.6) is 0 Å². The van der Waals surface area contributed by atoms with Gasteiger partial charge in [-0.25, -0.2) is 0 Å². The monoisotopic (exact) mass is 588 g/mol. The van der Waals surface area contributed by atoms with Gasteiger partial charge in [-0.3, -0.25) is 14.4 Å². The van der Waals surface area contributed by atoms with Crippen LogP contribution in [0.3, 0.4) is 0 Å². The van der Waals surface area contributed by atoms with E-state index in [1.54, 1.807) is 6.08 Å². The third-order valence-corrected chi connectivity index (χ3v) is 6.79. The van der Waals surface area contributed by atoms with E-state index in [0.717, 1.165) is 57.8 Å². The number of hydrogen-bond acceptors (Lipinski definition) is 6. The van der Waals surface area contributed by atoms with Crippen molar-refractivity contribution in [3.63, 3.8) is 0 Å². The summed E-state index contributed by atoms with van der Waals surface area (Å²) in [5.74, 6) is -0.481. The van der Waals surface area contributed by atoms with E-state index in [0.29, 0.717) is 19.3 Å². The fourth-order valence-electron chi connectivity index (χ4n) is 4.21. The summed E-state index contributed by atoms with van der Waals surface area (Å²) in [6.07, 6.45) is 34.3. The zero-order valence-electron chi connectivity index (χ0n) is 26.7. The van der Waals surface area contributed by atoms with Gasteiger partial charge in [0, 0.05) is 19.3 Å². The van der Waals surface area contributed by atoms with E-state index in [2.05, 4.69) is 32.1 Å². The largest absolute Gasteiger partial charge is 0.463 e. The minimum Gasteiger partial charge on any atom is -0.463 e. The minimum atomic E-state index is -0.999. The molecule has 0 amide bonds. The third-order valence-electron chi connectivity index (χ3n) is 6.79. The Kier molecular flexibility index (Phi) is 29.6. The van der Waals surface area contributed by atoms with E-state index < -0.39 is 6.10 Å². The number of carbonyl (C=O) groups excluding carboxylic acids is 3. The summed E-state index contributed by atoms with van der Waals surface area (Å²) in [6.45, 7) is 4.05. The van der Waals surface area contributed by atoms with Gasteiger partial charge in [0.05, 0.1) is 0 Å². The van der Waals surface area contributed by atoms with Gasteiger partial charge >= 0.3 is 11.9 Å². The van der Waals surface area contributed by atoms with Gasteiger partial charge in [-0.2, -0.15) is 0 Å². The highest BCUT2D eigenvalue weighted by Crippen LogP contribution is 2.11. The SMILES string of the molecule is CCCCCCCCCCCCC(=O)OC[C@@H](O)COC(=O)CCC/C=C\C/C=C\C/C=C\C=C\C(=O)CCCCC.